The average Bonchev–Trinajstić information content (AvgIpc) is 2.71. The molecule has 0 aromatic rings. The zero-order chi connectivity index (χ0) is 10.2. The smallest absolute Gasteiger partial charge is 0.324 e. The second kappa shape index (κ2) is 3.13. The quantitative estimate of drug-likeness (QED) is 0.644. The molecule has 3 atom stereocenters. The summed E-state index contributed by atoms with van der Waals surface area (Å²) in [6.45, 7) is 0. The zero-order valence-corrected chi connectivity index (χ0v) is 7.94. The lowest BCUT2D eigenvalue weighted by molar-refractivity contribution is -0.142. The van der Waals surface area contributed by atoms with Crippen LogP contribution in [0.5, 0.6) is 0 Å². The molecule has 3 heteroatoms. The molecule has 0 aromatic carbocycles. The topological polar surface area (TPSA) is 61.1 Å². The number of fused-ring (bicyclic) bond motifs is 1. The number of nitriles is 1. The molecule has 0 aliphatic heterocycles. The largest absolute Gasteiger partial charge is 0.480 e. The number of carboxylic acids is 1. The summed E-state index contributed by atoms with van der Waals surface area (Å²) in [7, 11) is 0. The Morgan fingerprint density at radius 3 is 2.21 bits per heavy atom. The maximum atomic E-state index is 11.1. The molecule has 0 radical (unpaired) electrons. The molecular formula is C11H13NO2. The Labute approximate surface area is 83.0 Å². The van der Waals surface area contributed by atoms with E-state index >= 15 is 0 Å². The van der Waals surface area contributed by atoms with Crippen LogP contribution in [0.4, 0.5) is 0 Å². The van der Waals surface area contributed by atoms with Crippen molar-refractivity contribution in [3.8, 4) is 6.07 Å². The van der Waals surface area contributed by atoms with Crippen LogP contribution in [0.15, 0.2) is 12.2 Å². The first-order valence-corrected chi connectivity index (χ1v) is 5.03. The minimum Gasteiger partial charge on any atom is -0.480 e. The monoisotopic (exact) mass is 191 g/mol. The van der Waals surface area contributed by atoms with Gasteiger partial charge in [0, 0.05) is 0 Å². The van der Waals surface area contributed by atoms with Crippen molar-refractivity contribution in [1.82, 2.24) is 0 Å². The highest BCUT2D eigenvalue weighted by Crippen LogP contribution is 2.63. The number of hydrogen-bond acceptors (Lipinski definition) is 2. The molecule has 0 spiro atoms. The van der Waals surface area contributed by atoms with Gasteiger partial charge in [0.1, 0.15) is 0 Å². The number of nitrogens with zero attached hydrogens (tertiary/aromatic N) is 1. The molecule has 1 N–H and O–H groups in total. The van der Waals surface area contributed by atoms with Crippen LogP contribution in [0.1, 0.15) is 25.7 Å². The summed E-state index contributed by atoms with van der Waals surface area (Å²) >= 11 is 0. The van der Waals surface area contributed by atoms with Crippen LogP contribution < -0.4 is 0 Å². The predicted octanol–water partition coefficient (Wildman–Crippen LogP) is 1.96. The molecule has 0 amide bonds. The fraction of sp³-hybridized carbons (Fsp3) is 0.636. The van der Waals surface area contributed by atoms with Crippen molar-refractivity contribution in [2.75, 3.05) is 0 Å². The van der Waals surface area contributed by atoms with E-state index in [2.05, 4.69) is 12.2 Å². The lowest BCUT2D eigenvalue weighted by atomic mass is 10.0. The van der Waals surface area contributed by atoms with Crippen molar-refractivity contribution < 1.29 is 9.90 Å². The number of carbonyl (C=O) groups is 1. The van der Waals surface area contributed by atoms with E-state index in [0.29, 0.717) is 0 Å². The summed E-state index contributed by atoms with van der Waals surface area (Å²) in [6.07, 6.45) is 7.72. The highest BCUT2D eigenvalue weighted by molar-refractivity contribution is 5.83. The van der Waals surface area contributed by atoms with Gasteiger partial charge in [-0.2, -0.15) is 5.26 Å². The minimum absolute atomic E-state index is 0.0925. The van der Waals surface area contributed by atoms with E-state index in [1.807, 2.05) is 6.07 Å². The van der Waals surface area contributed by atoms with Gasteiger partial charge >= 0.3 is 5.97 Å². The van der Waals surface area contributed by atoms with Gasteiger partial charge in [0.2, 0.25) is 0 Å². The van der Waals surface area contributed by atoms with Crippen molar-refractivity contribution in [3.63, 3.8) is 0 Å². The minimum atomic E-state index is -1.05. The molecule has 14 heavy (non-hydrogen) atoms. The van der Waals surface area contributed by atoms with Crippen molar-refractivity contribution in [3.05, 3.63) is 12.2 Å². The summed E-state index contributed by atoms with van der Waals surface area (Å²) in [4.78, 5) is 11.1. The van der Waals surface area contributed by atoms with E-state index < -0.39 is 11.4 Å². The highest BCUT2D eigenvalue weighted by atomic mass is 16.4. The SMILES string of the molecule is N#CC1(C(=O)O)[C@@H]2CC/C=C\CC[C@@H]21. The maximum absolute atomic E-state index is 11.1. The van der Waals surface area contributed by atoms with E-state index in [-0.39, 0.29) is 11.8 Å². The molecule has 0 saturated heterocycles. The van der Waals surface area contributed by atoms with E-state index in [0.717, 1.165) is 25.7 Å². The number of carboxylic acid groups (broad SMARTS) is 1. The summed E-state index contributed by atoms with van der Waals surface area (Å²) < 4.78 is 0. The van der Waals surface area contributed by atoms with Crippen LogP contribution >= 0.6 is 0 Å². The molecule has 3 nitrogen and oxygen atoms in total. The third kappa shape index (κ3) is 1.07. The molecule has 1 fully saturated rings. The molecule has 2 aliphatic rings. The van der Waals surface area contributed by atoms with Gasteiger partial charge in [-0.25, -0.2) is 0 Å². The molecule has 1 saturated carbocycles. The average molecular weight is 191 g/mol. The van der Waals surface area contributed by atoms with Gasteiger partial charge in [-0.05, 0) is 37.5 Å². The van der Waals surface area contributed by atoms with Crippen LogP contribution in [-0.2, 0) is 4.79 Å². The van der Waals surface area contributed by atoms with Gasteiger partial charge < -0.3 is 5.11 Å². The Morgan fingerprint density at radius 1 is 1.36 bits per heavy atom. The second-order valence-corrected chi connectivity index (χ2v) is 4.13. The lowest BCUT2D eigenvalue weighted by Crippen LogP contribution is -2.16. The Bertz CT molecular complexity index is 311. The van der Waals surface area contributed by atoms with E-state index in [1.54, 1.807) is 0 Å². The van der Waals surface area contributed by atoms with Crippen molar-refractivity contribution in [2.45, 2.75) is 25.7 Å². The van der Waals surface area contributed by atoms with Gasteiger partial charge in [0.15, 0.2) is 5.41 Å². The van der Waals surface area contributed by atoms with Crippen LogP contribution in [0.3, 0.4) is 0 Å². The van der Waals surface area contributed by atoms with Gasteiger partial charge in [0.25, 0.3) is 0 Å². The van der Waals surface area contributed by atoms with Gasteiger partial charge in [-0.3, -0.25) is 4.79 Å². The molecule has 2 rings (SSSR count). The van der Waals surface area contributed by atoms with E-state index in [4.69, 9.17) is 10.4 Å². The summed E-state index contributed by atoms with van der Waals surface area (Å²) in [5.74, 6) is -0.734. The molecule has 2 aliphatic carbocycles. The number of rotatable bonds is 1. The Morgan fingerprint density at radius 2 is 1.86 bits per heavy atom. The Hall–Kier alpha value is -1.30. The summed E-state index contributed by atoms with van der Waals surface area (Å²) in [5.41, 5.74) is -1.05. The first-order valence-electron chi connectivity index (χ1n) is 5.03. The van der Waals surface area contributed by atoms with Crippen LogP contribution in [0.2, 0.25) is 0 Å². The molecule has 0 heterocycles. The molecule has 74 valence electrons. The van der Waals surface area contributed by atoms with Crippen LogP contribution in [-0.4, -0.2) is 11.1 Å². The van der Waals surface area contributed by atoms with Crippen molar-refractivity contribution in [2.24, 2.45) is 17.3 Å². The van der Waals surface area contributed by atoms with Crippen LogP contribution in [0.25, 0.3) is 0 Å². The van der Waals surface area contributed by atoms with Gasteiger partial charge in [0.05, 0.1) is 6.07 Å². The molecule has 0 bridgehead atoms. The third-order valence-electron chi connectivity index (χ3n) is 3.54. The molecular weight excluding hydrogens is 178 g/mol. The first-order chi connectivity index (χ1) is 6.73. The third-order valence-corrected chi connectivity index (χ3v) is 3.54. The number of aliphatic carboxylic acids is 1. The van der Waals surface area contributed by atoms with E-state index in [1.165, 1.54) is 0 Å². The molecule has 1 unspecified atom stereocenters. The summed E-state index contributed by atoms with van der Waals surface area (Å²) in [6, 6.07) is 2.02. The zero-order valence-electron chi connectivity index (χ0n) is 7.94. The maximum Gasteiger partial charge on any atom is 0.324 e. The lowest BCUT2D eigenvalue weighted by Gasteiger charge is -1.99. The summed E-state index contributed by atoms with van der Waals surface area (Å²) in [5, 5.41) is 18.1. The predicted molar refractivity (Wildman–Crippen MR) is 50.3 cm³/mol. The molecule has 0 aromatic heterocycles. The number of hydrogen-bond donors (Lipinski definition) is 1. The second-order valence-electron chi connectivity index (χ2n) is 4.13. The van der Waals surface area contributed by atoms with Crippen molar-refractivity contribution >= 4 is 5.97 Å². The standard InChI is InChI=1S/C11H13NO2/c12-7-11(10(13)14)8-5-3-1-2-4-6-9(8)11/h1-2,8-9H,3-6H2,(H,13,14)/b2-1-/t8-,9+,11?. The Balaban J connectivity index is 2.19. The van der Waals surface area contributed by atoms with Gasteiger partial charge in [-0.1, -0.05) is 12.2 Å². The first kappa shape index (κ1) is 9.26. The fourth-order valence-electron chi connectivity index (χ4n) is 2.71. The van der Waals surface area contributed by atoms with E-state index in [9.17, 15) is 4.79 Å². The Kier molecular flexibility index (Phi) is 2.07. The normalized spacial score (nSPS) is 42.5. The van der Waals surface area contributed by atoms with Crippen LogP contribution in [0, 0.1) is 28.6 Å². The highest BCUT2D eigenvalue weighted by Gasteiger charge is 2.69. The van der Waals surface area contributed by atoms with Crippen molar-refractivity contribution in [1.29, 1.82) is 5.26 Å². The fourth-order valence-corrected chi connectivity index (χ4v) is 2.71. The number of allylic oxidation sites excluding steroid dienone is 2. The van der Waals surface area contributed by atoms with Gasteiger partial charge in [-0.15, -0.1) is 0 Å².